The van der Waals surface area contributed by atoms with Crippen LogP contribution < -0.4 is 5.32 Å². The fraction of sp³-hybridized carbons (Fsp3) is 0.500. The lowest BCUT2D eigenvalue weighted by atomic mass is 10.1. The SMILES string of the molecule is COCCCCC(C#N)Nc1c(C)cccc1O. The van der Waals surface area contributed by atoms with E-state index in [0.29, 0.717) is 12.3 Å². The average molecular weight is 248 g/mol. The number of aromatic hydroxyl groups is 1. The van der Waals surface area contributed by atoms with Crippen LogP contribution in [0, 0.1) is 18.3 Å². The summed E-state index contributed by atoms with van der Waals surface area (Å²) in [6.45, 7) is 2.62. The molecular weight excluding hydrogens is 228 g/mol. The third-order valence-corrected chi connectivity index (χ3v) is 2.82. The zero-order valence-corrected chi connectivity index (χ0v) is 10.9. The maximum absolute atomic E-state index is 9.75. The molecule has 0 amide bonds. The van der Waals surface area contributed by atoms with Gasteiger partial charge in [0.25, 0.3) is 0 Å². The number of nitriles is 1. The summed E-state index contributed by atoms with van der Waals surface area (Å²) in [7, 11) is 1.67. The number of rotatable bonds is 7. The Hall–Kier alpha value is -1.73. The Bertz CT molecular complexity index is 392. The summed E-state index contributed by atoms with van der Waals surface area (Å²) in [5.74, 6) is 0.187. The number of methoxy groups -OCH3 is 1. The van der Waals surface area contributed by atoms with Crippen molar-refractivity contribution < 1.29 is 9.84 Å². The van der Waals surface area contributed by atoms with Crippen molar-refractivity contribution in [1.82, 2.24) is 0 Å². The molecule has 0 saturated heterocycles. The normalized spacial score (nSPS) is 11.8. The van der Waals surface area contributed by atoms with Crippen molar-refractivity contribution in [2.45, 2.75) is 32.2 Å². The number of para-hydroxylation sites is 1. The zero-order valence-electron chi connectivity index (χ0n) is 10.9. The molecule has 0 radical (unpaired) electrons. The molecule has 1 aromatic rings. The molecule has 0 bridgehead atoms. The Kier molecular flexibility index (Phi) is 6.03. The molecule has 0 aromatic heterocycles. The highest BCUT2D eigenvalue weighted by Crippen LogP contribution is 2.27. The average Bonchev–Trinajstić information content (AvgIpc) is 2.36. The Balaban J connectivity index is 2.55. The number of anilines is 1. The number of hydrogen-bond donors (Lipinski definition) is 2. The second-order valence-corrected chi connectivity index (χ2v) is 4.28. The van der Waals surface area contributed by atoms with Gasteiger partial charge in [-0.1, -0.05) is 12.1 Å². The van der Waals surface area contributed by atoms with Crippen molar-refractivity contribution in [1.29, 1.82) is 5.26 Å². The molecular formula is C14H20N2O2. The van der Waals surface area contributed by atoms with Gasteiger partial charge in [0.05, 0.1) is 11.8 Å². The van der Waals surface area contributed by atoms with E-state index in [9.17, 15) is 5.11 Å². The van der Waals surface area contributed by atoms with E-state index in [4.69, 9.17) is 10.00 Å². The molecule has 2 N–H and O–H groups in total. The predicted octanol–water partition coefficient (Wildman–Crippen LogP) is 2.82. The lowest BCUT2D eigenvalue weighted by Gasteiger charge is -2.16. The van der Waals surface area contributed by atoms with Gasteiger partial charge in [-0.2, -0.15) is 5.26 Å². The zero-order chi connectivity index (χ0) is 13.4. The molecule has 1 unspecified atom stereocenters. The molecule has 0 aliphatic carbocycles. The molecule has 4 nitrogen and oxygen atoms in total. The Morgan fingerprint density at radius 2 is 2.22 bits per heavy atom. The largest absolute Gasteiger partial charge is 0.506 e. The van der Waals surface area contributed by atoms with Gasteiger partial charge in [-0.15, -0.1) is 0 Å². The summed E-state index contributed by atoms with van der Waals surface area (Å²) >= 11 is 0. The van der Waals surface area contributed by atoms with Crippen LogP contribution in [-0.4, -0.2) is 24.9 Å². The van der Waals surface area contributed by atoms with Gasteiger partial charge < -0.3 is 15.2 Å². The fourth-order valence-corrected chi connectivity index (χ4v) is 1.78. The van der Waals surface area contributed by atoms with Gasteiger partial charge in [-0.25, -0.2) is 0 Å². The molecule has 98 valence electrons. The Morgan fingerprint density at radius 3 is 2.83 bits per heavy atom. The summed E-state index contributed by atoms with van der Waals surface area (Å²) < 4.78 is 4.97. The van der Waals surface area contributed by atoms with Crippen LogP contribution in [0.1, 0.15) is 24.8 Å². The first-order valence-electron chi connectivity index (χ1n) is 6.12. The number of ether oxygens (including phenoxy) is 1. The molecule has 0 fully saturated rings. The lowest BCUT2D eigenvalue weighted by Crippen LogP contribution is -2.18. The molecule has 1 rings (SSSR count). The van der Waals surface area contributed by atoms with Crippen molar-refractivity contribution in [3.63, 3.8) is 0 Å². The quantitative estimate of drug-likeness (QED) is 0.575. The first-order valence-corrected chi connectivity index (χ1v) is 6.12. The van der Waals surface area contributed by atoms with Gasteiger partial charge in [0, 0.05) is 13.7 Å². The number of nitrogens with zero attached hydrogens (tertiary/aromatic N) is 1. The summed E-state index contributed by atoms with van der Waals surface area (Å²) in [5, 5.41) is 21.9. The van der Waals surface area contributed by atoms with Crippen LogP contribution in [0.15, 0.2) is 18.2 Å². The third-order valence-electron chi connectivity index (χ3n) is 2.82. The van der Waals surface area contributed by atoms with E-state index in [2.05, 4.69) is 11.4 Å². The summed E-state index contributed by atoms with van der Waals surface area (Å²) in [5.41, 5.74) is 1.59. The van der Waals surface area contributed by atoms with E-state index >= 15 is 0 Å². The van der Waals surface area contributed by atoms with E-state index < -0.39 is 0 Å². The third kappa shape index (κ3) is 4.27. The number of nitrogens with one attached hydrogen (secondary N) is 1. The number of phenolic OH excluding ortho intramolecular Hbond substituents is 1. The summed E-state index contributed by atoms with van der Waals surface area (Å²) in [4.78, 5) is 0. The van der Waals surface area contributed by atoms with Crippen molar-refractivity contribution >= 4 is 5.69 Å². The van der Waals surface area contributed by atoms with Gasteiger partial charge in [-0.3, -0.25) is 0 Å². The van der Waals surface area contributed by atoms with Crippen LogP contribution in [-0.2, 0) is 4.74 Å². The Labute approximate surface area is 108 Å². The van der Waals surface area contributed by atoms with Gasteiger partial charge >= 0.3 is 0 Å². The minimum Gasteiger partial charge on any atom is -0.506 e. The molecule has 4 heteroatoms. The van der Waals surface area contributed by atoms with Gasteiger partial charge in [0.1, 0.15) is 11.8 Å². The Morgan fingerprint density at radius 1 is 1.44 bits per heavy atom. The van der Waals surface area contributed by atoms with Gasteiger partial charge in [-0.05, 0) is 37.8 Å². The molecule has 0 heterocycles. The lowest BCUT2D eigenvalue weighted by molar-refractivity contribution is 0.192. The second kappa shape index (κ2) is 7.57. The minimum atomic E-state index is -0.283. The smallest absolute Gasteiger partial charge is 0.138 e. The maximum Gasteiger partial charge on any atom is 0.138 e. The van der Waals surface area contributed by atoms with Crippen molar-refractivity contribution in [3.8, 4) is 11.8 Å². The number of aryl methyl sites for hydroxylation is 1. The molecule has 1 atom stereocenters. The van der Waals surface area contributed by atoms with Crippen molar-refractivity contribution in [3.05, 3.63) is 23.8 Å². The van der Waals surface area contributed by atoms with Crippen molar-refractivity contribution in [2.75, 3.05) is 19.0 Å². The molecule has 0 aliphatic heterocycles. The topological polar surface area (TPSA) is 65.3 Å². The van der Waals surface area contributed by atoms with Crippen LogP contribution in [0.25, 0.3) is 0 Å². The number of unbranched alkanes of at least 4 members (excludes halogenated alkanes) is 1. The molecule has 0 spiro atoms. The van der Waals surface area contributed by atoms with Gasteiger partial charge in [0.15, 0.2) is 0 Å². The molecule has 0 saturated carbocycles. The van der Waals surface area contributed by atoms with Crippen LogP contribution in [0.4, 0.5) is 5.69 Å². The first-order chi connectivity index (χ1) is 8.69. The highest BCUT2D eigenvalue weighted by molar-refractivity contribution is 5.61. The predicted molar refractivity (Wildman–Crippen MR) is 71.6 cm³/mol. The van der Waals surface area contributed by atoms with Crippen LogP contribution >= 0.6 is 0 Å². The van der Waals surface area contributed by atoms with Crippen LogP contribution in [0.5, 0.6) is 5.75 Å². The summed E-state index contributed by atoms with van der Waals surface area (Å²) in [6.07, 6.45) is 2.61. The number of hydrogen-bond acceptors (Lipinski definition) is 4. The highest BCUT2D eigenvalue weighted by Gasteiger charge is 2.11. The van der Waals surface area contributed by atoms with E-state index in [-0.39, 0.29) is 11.8 Å². The standard InChI is InChI=1S/C14H20N2O2/c1-11-6-5-8-13(17)14(11)16-12(10-15)7-3-4-9-18-2/h5-6,8,12,16-17H,3-4,7,9H2,1-2H3. The van der Waals surface area contributed by atoms with Crippen LogP contribution in [0.3, 0.4) is 0 Å². The minimum absolute atomic E-state index is 0.187. The first kappa shape index (κ1) is 14.3. The van der Waals surface area contributed by atoms with Gasteiger partial charge in [0.2, 0.25) is 0 Å². The van der Waals surface area contributed by atoms with E-state index in [0.717, 1.165) is 24.8 Å². The molecule has 18 heavy (non-hydrogen) atoms. The fourth-order valence-electron chi connectivity index (χ4n) is 1.78. The number of phenols is 1. The van der Waals surface area contributed by atoms with Crippen LogP contribution in [0.2, 0.25) is 0 Å². The van der Waals surface area contributed by atoms with E-state index in [1.54, 1.807) is 19.2 Å². The summed E-state index contributed by atoms with van der Waals surface area (Å²) in [6, 6.07) is 7.25. The maximum atomic E-state index is 9.75. The monoisotopic (exact) mass is 248 g/mol. The van der Waals surface area contributed by atoms with E-state index in [1.807, 2.05) is 13.0 Å². The molecule has 0 aliphatic rings. The highest BCUT2D eigenvalue weighted by atomic mass is 16.5. The van der Waals surface area contributed by atoms with E-state index in [1.165, 1.54) is 0 Å². The van der Waals surface area contributed by atoms with Crippen molar-refractivity contribution in [2.24, 2.45) is 0 Å². The molecule has 1 aromatic carbocycles. The second-order valence-electron chi connectivity index (χ2n) is 4.28. The number of benzene rings is 1.